The van der Waals surface area contributed by atoms with Gasteiger partial charge in [0.25, 0.3) is 0 Å². The Labute approximate surface area is 123 Å². The van der Waals surface area contributed by atoms with Crippen LogP contribution in [0.1, 0.15) is 47.4 Å². The van der Waals surface area contributed by atoms with Crippen LogP contribution < -0.4 is 4.74 Å². The monoisotopic (exact) mass is 286 g/mol. The van der Waals surface area contributed by atoms with E-state index in [1.54, 1.807) is 49.1 Å². The molecular formula is C16H18N2O3. The molecule has 21 heavy (non-hydrogen) atoms. The summed E-state index contributed by atoms with van der Waals surface area (Å²) in [7, 11) is 1.52. The zero-order chi connectivity index (χ0) is 15.4. The molecule has 0 saturated carbocycles. The lowest BCUT2D eigenvalue weighted by atomic mass is 9.98. The number of ether oxygens (including phenoxy) is 1. The first-order valence-electron chi connectivity index (χ1n) is 6.90. The van der Waals surface area contributed by atoms with Crippen molar-refractivity contribution in [1.82, 2.24) is 9.78 Å². The van der Waals surface area contributed by atoms with Crippen LogP contribution in [0.15, 0.2) is 30.6 Å². The number of aromatic nitrogens is 2. The molecule has 0 fully saturated rings. The Morgan fingerprint density at radius 2 is 1.71 bits per heavy atom. The largest absolute Gasteiger partial charge is 0.497 e. The summed E-state index contributed by atoms with van der Waals surface area (Å²) in [5.74, 6) is 0.397. The fraction of sp³-hybridized carbons (Fsp3) is 0.312. The second-order valence-electron chi connectivity index (χ2n) is 4.58. The van der Waals surface area contributed by atoms with Crippen molar-refractivity contribution in [2.24, 2.45) is 0 Å². The van der Waals surface area contributed by atoms with E-state index >= 15 is 0 Å². The number of carbonyl (C=O) groups excluding carboxylic acids is 2. The van der Waals surface area contributed by atoms with Gasteiger partial charge in [-0.15, -0.1) is 0 Å². The van der Waals surface area contributed by atoms with Crippen molar-refractivity contribution >= 4 is 11.6 Å². The van der Waals surface area contributed by atoms with Crippen LogP contribution in [-0.4, -0.2) is 28.5 Å². The number of hydrogen-bond donors (Lipinski definition) is 0. The topological polar surface area (TPSA) is 61.2 Å². The predicted molar refractivity (Wildman–Crippen MR) is 79.4 cm³/mol. The first kappa shape index (κ1) is 15.0. The molecular weight excluding hydrogens is 268 g/mol. The minimum atomic E-state index is -0.0513. The SMILES string of the molecule is CCC(=O)c1cc(OC)cc(C(=O)CC)c1-n1cccn1. The van der Waals surface area contributed by atoms with Crippen LogP contribution in [0.25, 0.3) is 5.69 Å². The summed E-state index contributed by atoms with van der Waals surface area (Å²) in [6, 6.07) is 5.08. The second kappa shape index (κ2) is 6.35. The molecule has 2 aromatic rings. The zero-order valence-corrected chi connectivity index (χ0v) is 12.4. The number of methoxy groups -OCH3 is 1. The highest BCUT2D eigenvalue weighted by Crippen LogP contribution is 2.28. The van der Waals surface area contributed by atoms with E-state index in [-0.39, 0.29) is 11.6 Å². The maximum atomic E-state index is 12.3. The maximum absolute atomic E-state index is 12.3. The molecule has 0 bridgehead atoms. The van der Waals surface area contributed by atoms with Gasteiger partial charge in [-0.3, -0.25) is 9.59 Å². The number of carbonyl (C=O) groups is 2. The molecule has 0 saturated heterocycles. The third-order valence-corrected chi connectivity index (χ3v) is 3.30. The highest BCUT2D eigenvalue weighted by molar-refractivity contribution is 6.07. The summed E-state index contributed by atoms with van der Waals surface area (Å²) in [5.41, 5.74) is 1.44. The van der Waals surface area contributed by atoms with Gasteiger partial charge in [-0.1, -0.05) is 13.8 Å². The fourth-order valence-electron chi connectivity index (χ4n) is 2.18. The Bertz CT molecular complexity index is 623. The van der Waals surface area contributed by atoms with Crippen LogP contribution >= 0.6 is 0 Å². The highest BCUT2D eigenvalue weighted by Gasteiger charge is 2.21. The molecule has 0 atom stereocenters. The first-order chi connectivity index (χ1) is 10.1. The summed E-state index contributed by atoms with van der Waals surface area (Å²) in [6.45, 7) is 3.58. The van der Waals surface area contributed by atoms with E-state index in [0.717, 1.165) is 0 Å². The van der Waals surface area contributed by atoms with E-state index in [4.69, 9.17) is 4.74 Å². The summed E-state index contributed by atoms with van der Waals surface area (Å²) >= 11 is 0. The Morgan fingerprint density at radius 3 is 2.10 bits per heavy atom. The maximum Gasteiger partial charge on any atom is 0.164 e. The smallest absolute Gasteiger partial charge is 0.164 e. The standard InChI is InChI=1S/C16H18N2O3/c1-4-14(19)12-9-11(21-3)10-13(15(20)5-2)16(12)18-8-6-7-17-18/h6-10H,4-5H2,1-3H3. The molecule has 5 nitrogen and oxygen atoms in total. The van der Waals surface area contributed by atoms with Crippen molar-refractivity contribution < 1.29 is 14.3 Å². The minimum Gasteiger partial charge on any atom is -0.497 e. The quantitative estimate of drug-likeness (QED) is 0.766. The van der Waals surface area contributed by atoms with Crippen LogP contribution in [-0.2, 0) is 0 Å². The minimum absolute atomic E-state index is 0.0513. The molecule has 0 amide bonds. The molecule has 5 heteroatoms. The van der Waals surface area contributed by atoms with Gasteiger partial charge in [0.15, 0.2) is 11.6 Å². The summed E-state index contributed by atoms with van der Waals surface area (Å²) in [4.78, 5) is 24.5. The van der Waals surface area contributed by atoms with E-state index in [0.29, 0.717) is 35.4 Å². The first-order valence-corrected chi connectivity index (χ1v) is 6.90. The van der Waals surface area contributed by atoms with Crippen LogP contribution in [0.3, 0.4) is 0 Å². The van der Waals surface area contributed by atoms with Crippen molar-refractivity contribution in [2.75, 3.05) is 7.11 Å². The highest BCUT2D eigenvalue weighted by atomic mass is 16.5. The van der Waals surface area contributed by atoms with E-state index in [2.05, 4.69) is 5.10 Å². The average Bonchev–Trinajstić information content (AvgIpc) is 3.05. The summed E-state index contributed by atoms with van der Waals surface area (Å²) < 4.78 is 6.78. The number of ketones is 2. The average molecular weight is 286 g/mol. The molecule has 0 N–H and O–H groups in total. The van der Waals surface area contributed by atoms with Crippen LogP contribution in [0, 0.1) is 0 Å². The number of nitrogens with zero attached hydrogens (tertiary/aromatic N) is 2. The Balaban J connectivity index is 2.78. The molecule has 0 unspecified atom stereocenters. The van der Waals surface area contributed by atoms with Gasteiger partial charge in [-0.25, -0.2) is 4.68 Å². The predicted octanol–water partition coefficient (Wildman–Crippen LogP) is 3.07. The van der Waals surface area contributed by atoms with E-state index < -0.39 is 0 Å². The van der Waals surface area contributed by atoms with E-state index in [9.17, 15) is 9.59 Å². The molecule has 0 aliphatic heterocycles. The Hall–Kier alpha value is -2.43. The fourth-order valence-corrected chi connectivity index (χ4v) is 2.18. The van der Waals surface area contributed by atoms with Gasteiger partial charge in [-0.2, -0.15) is 5.10 Å². The lowest BCUT2D eigenvalue weighted by molar-refractivity contribution is 0.0987. The second-order valence-corrected chi connectivity index (χ2v) is 4.58. The lowest BCUT2D eigenvalue weighted by Crippen LogP contribution is -2.13. The van der Waals surface area contributed by atoms with Crippen LogP contribution in [0.2, 0.25) is 0 Å². The van der Waals surface area contributed by atoms with Gasteiger partial charge in [0.05, 0.1) is 12.8 Å². The van der Waals surface area contributed by atoms with Gasteiger partial charge in [0.1, 0.15) is 5.75 Å². The molecule has 0 aliphatic carbocycles. The third-order valence-electron chi connectivity index (χ3n) is 3.30. The Kier molecular flexibility index (Phi) is 4.52. The number of Topliss-reactive ketones (excluding diaryl/α,β-unsaturated/α-hetero) is 2. The third kappa shape index (κ3) is 2.86. The molecule has 0 aliphatic rings. The van der Waals surface area contributed by atoms with Crippen LogP contribution in [0.4, 0.5) is 0 Å². The number of benzene rings is 1. The summed E-state index contributed by atoms with van der Waals surface area (Å²) in [6.07, 6.45) is 4.04. The van der Waals surface area contributed by atoms with Crippen molar-refractivity contribution in [1.29, 1.82) is 0 Å². The van der Waals surface area contributed by atoms with Crippen molar-refractivity contribution in [3.63, 3.8) is 0 Å². The van der Waals surface area contributed by atoms with Gasteiger partial charge >= 0.3 is 0 Å². The zero-order valence-electron chi connectivity index (χ0n) is 12.4. The van der Waals surface area contributed by atoms with E-state index in [1.165, 1.54) is 7.11 Å². The van der Waals surface area contributed by atoms with Gasteiger partial charge in [-0.05, 0) is 18.2 Å². The molecule has 110 valence electrons. The number of rotatable bonds is 6. The molecule has 1 heterocycles. The lowest BCUT2D eigenvalue weighted by Gasteiger charge is -2.15. The Morgan fingerprint density at radius 1 is 1.14 bits per heavy atom. The molecule has 1 aromatic heterocycles. The van der Waals surface area contributed by atoms with E-state index in [1.807, 2.05) is 0 Å². The van der Waals surface area contributed by atoms with Gasteiger partial charge < -0.3 is 4.74 Å². The van der Waals surface area contributed by atoms with Gasteiger partial charge in [0, 0.05) is 36.4 Å². The van der Waals surface area contributed by atoms with Crippen molar-refractivity contribution in [3.05, 3.63) is 41.7 Å². The van der Waals surface area contributed by atoms with Crippen molar-refractivity contribution in [3.8, 4) is 11.4 Å². The molecule has 2 rings (SSSR count). The molecule has 1 aromatic carbocycles. The normalized spacial score (nSPS) is 10.4. The van der Waals surface area contributed by atoms with Crippen molar-refractivity contribution in [2.45, 2.75) is 26.7 Å². The van der Waals surface area contributed by atoms with Gasteiger partial charge in [0.2, 0.25) is 0 Å². The molecule has 0 spiro atoms. The van der Waals surface area contributed by atoms with Crippen LogP contribution in [0.5, 0.6) is 5.75 Å². The number of hydrogen-bond acceptors (Lipinski definition) is 4. The summed E-state index contributed by atoms with van der Waals surface area (Å²) in [5, 5.41) is 4.17. The molecule has 0 radical (unpaired) electrons.